The molecular formula is C9H13NO8P2S2. The van der Waals surface area contributed by atoms with Crippen LogP contribution in [0.25, 0.3) is 0 Å². The largest absolute Gasteiger partial charge is 0.325 e. The normalized spacial score (nSPS) is 13.7. The number of benzene rings is 1. The average Bonchev–Trinajstić information content (AvgIpc) is 2.51. The summed E-state index contributed by atoms with van der Waals surface area (Å²) in [6.45, 7) is -7.61. The average molecular weight is 389 g/mol. The molecule has 0 aliphatic carbocycles. The summed E-state index contributed by atoms with van der Waals surface area (Å²) < 4.78 is 0. The van der Waals surface area contributed by atoms with E-state index in [0.717, 1.165) is 4.90 Å². The Morgan fingerprint density at radius 2 is 1.05 bits per heavy atom. The lowest BCUT2D eigenvalue weighted by Gasteiger charge is -2.02. The predicted octanol–water partition coefficient (Wildman–Crippen LogP) is -0.712. The van der Waals surface area contributed by atoms with Crippen LogP contribution in [0.2, 0.25) is 0 Å². The smallest absolute Gasteiger partial charge is 0.319 e. The SMILES string of the molecule is CN1C(=O)c2ccccc2C1=O.OP(O)(O)=S.OP(O)(O)=S. The van der Waals surface area contributed by atoms with Gasteiger partial charge in [0.1, 0.15) is 0 Å². The van der Waals surface area contributed by atoms with E-state index in [0.29, 0.717) is 11.1 Å². The molecule has 0 spiro atoms. The van der Waals surface area contributed by atoms with Crippen LogP contribution in [0.1, 0.15) is 20.7 Å². The topological polar surface area (TPSA) is 159 Å². The Bertz CT molecular complexity index is 583. The van der Waals surface area contributed by atoms with Crippen LogP contribution in [-0.2, 0) is 23.6 Å². The highest BCUT2D eigenvalue weighted by Crippen LogP contribution is 2.27. The number of carbonyl (C=O) groups excluding carboxylic acids is 2. The lowest BCUT2D eigenvalue weighted by molar-refractivity contribution is 0.0693. The van der Waals surface area contributed by atoms with Gasteiger partial charge in [-0.3, -0.25) is 14.5 Å². The van der Waals surface area contributed by atoms with Crippen molar-refractivity contribution in [2.24, 2.45) is 0 Å². The Morgan fingerprint density at radius 3 is 1.27 bits per heavy atom. The minimum atomic E-state index is -3.81. The van der Waals surface area contributed by atoms with Gasteiger partial charge in [0.05, 0.1) is 11.1 Å². The molecule has 0 fully saturated rings. The number of imide groups is 1. The maximum Gasteiger partial charge on any atom is 0.319 e. The number of hydrogen-bond acceptors (Lipinski definition) is 4. The number of nitrogens with zero attached hydrogens (tertiary/aromatic N) is 1. The summed E-state index contributed by atoms with van der Waals surface area (Å²) in [4.78, 5) is 69.1. The Morgan fingerprint density at radius 1 is 0.818 bits per heavy atom. The molecule has 0 atom stereocenters. The van der Waals surface area contributed by atoms with Crippen molar-refractivity contribution in [3.8, 4) is 0 Å². The van der Waals surface area contributed by atoms with Crippen molar-refractivity contribution in [2.45, 2.75) is 0 Å². The first-order valence-corrected chi connectivity index (χ1v) is 10.5. The second kappa shape index (κ2) is 8.32. The fourth-order valence-electron chi connectivity index (χ4n) is 1.31. The van der Waals surface area contributed by atoms with Crippen molar-refractivity contribution in [2.75, 3.05) is 7.05 Å². The van der Waals surface area contributed by atoms with Gasteiger partial charge in [-0.2, -0.15) is 0 Å². The van der Waals surface area contributed by atoms with Crippen molar-refractivity contribution in [3.63, 3.8) is 0 Å². The third-order valence-corrected chi connectivity index (χ3v) is 2.00. The van der Waals surface area contributed by atoms with Crippen LogP contribution in [-0.4, -0.2) is 53.1 Å². The quantitative estimate of drug-likeness (QED) is 0.247. The van der Waals surface area contributed by atoms with Gasteiger partial charge in [-0.05, 0) is 35.7 Å². The molecule has 1 aromatic rings. The second-order valence-corrected chi connectivity index (χ2v) is 8.73. The summed E-state index contributed by atoms with van der Waals surface area (Å²) in [7, 11) is 1.49. The highest BCUT2D eigenvalue weighted by atomic mass is 32.5. The molecule has 0 saturated carbocycles. The standard InChI is InChI=1S/C9H7NO2.2H3O3PS/c1-10-8(11)6-4-2-3-5-7(6)9(10)12;2*1-4(2,3)5/h2-5H,1H3;2*(H3,1,2,3,5). The van der Waals surface area contributed by atoms with E-state index in [1.807, 2.05) is 0 Å². The van der Waals surface area contributed by atoms with Crippen molar-refractivity contribution < 1.29 is 38.9 Å². The van der Waals surface area contributed by atoms with Crippen LogP contribution in [0.3, 0.4) is 0 Å². The van der Waals surface area contributed by atoms with Gasteiger partial charge in [0.2, 0.25) is 0 Å². The van der Waals surface area contributed by atoms with Crippen LogP contribution in [0, 0.1) is 0 Å². The number of hydrogen-bond donors (Lipinski definition) is 6. The number of fused-ring (bicyclic) bond motifs is 1. The fourth-order valence-corrected chi connectivity index (χ4v) is 1.31. The molecule has 1 aromatic carbocycles. The summed E-state index contributed by atoms with van der Waals surface area (Å²) >= 11 is 7.21. The lowest BCUT2D eigenvalue weighted by Crippen LogP contribution is -2.24. The summed E-state index contributed by atoms with van der Waals surface area (Å²) in [6, 6.07) is 6.84. The van der Waals surface area contributed by atoms with Gasteiger partial charge in [-0.1, -0.05) is 12.1 Å². The van der Waals surface area contributed by atoms with Gasteiger partial charge in [-0.25, -0.2) is 0 Å². The van der Waals surface area contributed by atoms with Crippen molar-refractivity contribution in [3.05, 3.63) is 35.4 Å². The van der Waals surface area contributed by atoms with Crippen LogP contribution in [0.15, 0.2) is 24.3 Å². The molecule has 9 nitrogen and oxygen atoms in total. The summed E-state index contributed by atoms with van der Waals surface area (Å²) in [5, 5.41) is 0. The Balaban J connectivity index is 0.000000372. The van der Waals surface area contributed by atoms with E-state index >= 15 is 0 Å². The summed E-state index contributed by atoms with van der Waals surface area (Å²) in [5.74, 6) is -0.425. The third-order valence-electron chi connectivity index (χ3n) is 2.00. The maximum atomic E-state index is 11.3. The zero-order chi connectivity index (χ0) is 17.7. The molecule has 1 aliphatic heterocycles. The van der Waals surface area contributed by atoms with Crippen LogP contribution < -0.4 is 0 Å². The first-order chi connectivity index (χ1) is 9.72. The fraction of sp³-hybridized carbons (Fsp3) is 0.111. The predicted molar refractivity (Wildman–Crippen MR) is 84.7 cm³/mol. The minimum absolute atomic E-state index is 0.212. The molecule has 6 N–H and O–H groups in total. The highest BCUT2D eigenvalue weighted by Gasteiger charge is 2.31. The van der Waals surface area contributed by atoms with Gasteiger partial charge in [0.15, 0.2) is 0 Å². The summed E-state index contributed by atoms with van der Waals surface area (Å²) in [5.41, 5.74) is 1.01. The molecule has 13 heteroatoms. The van der Waals surface area contributed by atoms with Gasteiger partial charge in [0, 0.05) is 7.05 Å². The summed E-state index contributed by atoms with van der Waals surface area (Å²) in [6.07, 6.45) is 0. The van der Waals surface area contributed by atoms with Crippen molar-refractivity contribution in [1.29, 1.82) is 0 Å². The Hall–Kier alpha value is -0.580. The van der Waals surface area contributed by atoms with Crippen molar-refractivity contribution >= 4 is 48.9 Å². The lowest BCUT2D eigenvalue weighted by atomic mass is 10.1. The molecule has 0 bridgehead atoms. The van der Waals surface area contributed by atoms with E-state index in [1.165, 1.54) is 7.05 Å². The molecular weight excluding hydrogens is 376 g/mol. The molecule has 22 heavy (non-hydrogen) atoms. The molecule has 2 rings (SSSR count). The molecule has 0 unspecified atom stereocenters. The molecule has 1 aliphatic rings. The molecule has 0 aromatic heterocycles. The zero-order valence-corrected chi connectivity index (χ0v) is 14.4. The van der Waals surface area contributed by atoms with E-state index in [2.05, 4.69) is 23.6 Å². The Labute approximate surface area is 135 Å². The molecule has 0 saturated heterocycles. The molecule has 1 heterocycles. The van der Waals surface area contributed by atoms with Crippen LogP contribution in [0.5, 0.6) is 0 Å². The number of rotatable bonds is 0. The Kier molecular flexibility index (Phi) is 8.10. The van der Waals surface area contributed by atoms with Crippen LogP contribution in [0.4, 0.5) is 0 Å². The first-order valence-electron chi connectivity index (χ1n) is 5.20. The van der Waals surface area contributed by atoms with Gasteiger partial charge in [0.25, 0.3) is 11.8 Å². The third kappa shape index (κ3) is 9.44. The van der Waals surface area contributed by atoms with Crippen LogP contribution >= 0.6 is 13.4 Å². The molecule has 124 valence electrons. The highest BCUT2D eigenvalue weighted by molar-refractivity contribution is 8.06. The van der Waals surface area contributed by atoms with E-state index in [4.69, 9.17) is 29.4 Å². The zero-order valence-electron chi connectivity index (χ0n) is 11.0. The van der Waals surface area contributed by atoms with E-state index in [1.54, 1.807) is 24.3 Å². The van der Waals surface area contributed by atoms with E-state index in [9.17, 15) is 9.59 Å². The minimum Gasteiger partial charge on any atom is -0.325 e. The van der Waals surface area contributed by atoms with E-state index in [-0.39, 0.29) is 11.8 Å². The first kappa shape index (κ1) is 21.4. The van der Waals surface area contributed by atoms with Gasteiger partial charge in [-0.15, -0.1) is 0 Å². The van der Waals surface area contributed by atoms with Crippen molar-refractivity contribution in [1.82, 2.24) is 4.90 Å². The van der Waals surface area contributed by atoms with E-state index < -0.39 is 13.4 Å². The number of carbonyl (C=O) groups is 2. The second-order valence-electron chi connectivity index (χ2n) is 3.74. The maximum absolute atomic E-state index is 11.3. The molecule has 0 radical (unpaired) electrons. The van der Waals surface area contributed by atoms with Gasteiger partial charge < -0.3 is 29.4 Å². The number of amides is 2. The molecule has 2 amide bonds. The monoisotopic (exact) mass is 389 g/mol. The van der Waals surface area contributed by atoms with Gasteiger partial charge >= 0.3 is 13.4 Å².